The van der Waals surface area contributed by atoms with Gasteiger partial charge < -0.3 is 5.32 Å². The molecule has 0 saturated heterocycles. The largest absolute Gasteiger partial charge is 0.348 e. The van der Waals surface area contributed by atoms with Crippen molar-refractivity contribution in [3.8, 4) is 11.3 Å². The van der Waals surface area contributed by atoms with Crippen molar-refractivity contribution in [3.05, 3.63) is 76.4 Å². The van der Waals surface area contributed by atoms with Crippen LogP contribution >= 0.6 is 11.6 Å². The van der Waals surface area contributed by atoms with Crippen molar-refractivity contribution in [2.45, 2.75) is 13.5 Å². The Kier molecular flexibility index (Phi) is 4.44. The summed E-state index contributed by atoms with van der Waals surface area (Å²) in [5, 5.41) is 10.4. The van der Waals surface area contributed by atoms with E-state index in [2.05, 4.69) is 15.5 Å². The van der Waals surface area contributed by atoms with E-state index >= 15 is 0 Å². The van der Waals surface area contributed by atoms with Gasteiger partial charge in [0.05, 0.1) is 17.5 Å². The average Bonchev–Trinajstić information content (AvgIpc) is 3.04. The summed E-state index contributed by atoms with van der Waals surface area (Å²) in [7, 11) is 0. The Morgan fingerprint density at radius 2 is 2.00 bits per heavy atom. The van der Waals surface area contributed by atoms with Crippen LogP contribution < -0.4 is 5.32 Å². The highest BCUT2D eigenvalue weighted by Crippen LogP contribution is 2.24. The van der Waals surface area contributed by atoms with Gasteiger partial charge in [-0.15, -0.1) is 0 Å². The number of aromatic nitrogens is 2. The maximum Gasteiger partial charge on any atom is 0.255 e. The first-order valence-electron chi connectivity index (χ1n) is 7.26. The molecule has 3 aromatic rings. The number of aromatic amines is 1. The van der Waals surface area contributed by atoms with E-state index in [0.717, 1.165) is 11.1 Å². The van der Waals surface area contributed by atoms with E-state index in [1.54, 1.807) is 12.1 Å². The summed E-state index contributed by atoms with van der Waals surface area (Å²) in [6.07, 6.45) is 1.53. The summed E-state index contributed by atoms with van der Waals surface area (Å²) in [5.41, 5.74) is 4.23. The minimum atomic E-state index is -0.172. The number of aryl methyl sites for hydroxylation is 1. The van der Waals surface area contributed by atoms with Crippen LogP contribution in [0.4, 0.5) is 0 Å². The number of hydrogen-bond donors (Lipinski definition) is 2. The molecule has 2 aromatic carbocycles. The van der Waals surface area contributed by atoms with Gasteiger partial charge in [-0.1, -0.05) is 53.6 Å². The molecule has 0 fully saturated rings. The fraction of sp³-hybridized carbons (Fsp3) is 0.111. The van der Waals surface area contributed by atoms with E-state index in [1.165, 1.54) is 11.8 Å². The zero-order valence-electron chi connectivity index (χ0n) is 12.6. The minimum absolute atomic E-state index is 0.172. The zero-order valence-corrected chi connectivity index (χ0v) is 13.4. The average molecular weight is 326 g/mol. The minimum Gasteiger partial charge on any atom is -0.348 e. The summed E-state index contributed by atoms with van der Waals surface area (Å²) < 4.78 is 0. The zero-order chi connectivity index (χ0) is 16.2. The lowest BCUT2D eigenvalue weighted by Gasteiger charge is -2.07. The van der Waals surface area contributed by atoms with Gasteiger partial charge in [0.2, 0.25) is 0 Å². The number of nitrogens with one attached hydrogen (secondary N) is 2. The lowest BCUT2D eigenvalue weighted by molar-refractivity contribution is 0.0951. The van der Waals surface area contributed by atoms with Crippen LogP contribution in [0.3, 0.4) is 0 Å². The van der Waals surface area contributed by atoms with Crippen molar-refractivity contribution < 1.29 is 4.79 Å². The quantitative estimate of drug-likeness (QED) is 0.762. The van der Waals surface area contributed by atoms with Gasteiger partial charge in [-0.05, 0) is 24.6 Å². The molecule has 5 heteroatoms. The topological polar surface area (TPSA) is 57.8 Å². The summed E-state index contributed by atoms with van der Waals surface area (Å²) in [5.74, 6) is -0.172. The van der Waals surface area contributed by atoms with Gasteiger partial charge in [-0.3, -0.25) is 9.89 Å². The number of nitrogens with zero attached hydrogens (tertiary/aromatic N) is 1. The van der Waals surface area contributed by atoms with Gasteiger partial charge in [0.15, 0.2) is 0 Å². The molecule has 0 bridgehead atoms. The maximum absolute atomic E-state index is 12.4. The molecule has 0 aliphatic carbocycles. The first-order chi connectivity index (χ1) is 11.1. The van der Waals surface area contributed by atoms with Crippen molar-refractivity contribution >= 4 is 17.5 Å². The van der Waals surface area contributed by atoms with E-state index in [9.17, 15) is 4.79 Å². The Morgan fingerprint density at radius 1 is 1.22 bits per heavy atom. The second-order valence-corrected chi connectivity index (χ2v) is 5.77. The van der Waals surface area contributed by atoms with Gasteiger partial charge in [-0.25, -0.2) is 0 Å². The molecular weight excluding hydrogens is 310 g/mol. The van der Waals surface area contributed by atoms with Crippen LogP contribution in [0.1, 0.15) is 21.5 Å². The third-order valence-corrected chi connectivity index (χ3v) is 3.81. The second kappa shape index (κ2) is 6.67. The summed E-state index contributed by atoms with van der Waals surface area (Å²) in [6.45, 7) is 2.50. The van der Waals surface area contributed by atoms with Crippen LogP contribution in [-0.4, -0.2) is 16.1 Å². The maximum atomic E-state index is 12.4. The number of hydrogen-bond acceptors (Lipinski definition) is 2. The Hall–Kier alpha value is -2.59. The number of carbonyl (C=O) groups excluding carboxylic acids is 1. The SMILES string of the molecule is Cc1ccc(CNC(=O)c2cn[nH]c2-c2cccc(Cl)c2)cc1. The molecule has 3 rings (SSSR count). The highest BCUT2D eigenvalue weighted by atomic mass is 35.5. The van der Waals surface area contributed by atoms with Crippen LogP contribution in [0.15, 0.2) is 54.7 Å². The van der Waals surface area contributed by atoms with E-state index in [1.807, 2.05) is 43.3 Å². The van der Waals surface area contributed by atoms with Gasteiger partial charge in [0, 0.05) is 17.1 Å². The number of amides is 1. The molecule has 0 unspecified atom stereocenters. The molecule has 1 amide bonds. The molecule has 0 aliphatic rings. The highest BCUT2D eigenvalue weighted by Gasteiger charge is 2.15. The molecule has 0 spiro atoms. The second-order valence-electron chi connectivity index (χ2n) is 5.34. The van der Waals surface area contributed by atoms with E-state index in [0.29, 0.717) is 22.8 Å². The molecule has 0 aliphatic heterocycles. The third-order valence-electron chi connectivity index (χ3n) is 3.57. The predicted molar refractivity (Wildman–Crippen MR) is 91.4 cm³/mol. The Morgan fingerprint density at radius 3 is 2.74 bits per heavy atom. The van der Waals surface area contributed by atoms with Crippen LogP contribution in [0, 0.1) is 6.92 Å². The third kappa shape index (κ3) is 3.60. The Labute approximate surface area is 139 Å². The van der Waals surface area contributed by atoms with Crippen molar-refractivity contribution in [2.75, 3.05) is 0 Å². The molecular formula is C18H16ClN3O. The number of benzene rings is 2. The number of halogens is 1. The van der Waals surface area contributed by atoms with Gasteiger partial charge >= 0.3 is 0 Å². The Bertz CT molecular complexity index is 824. The summed E-state index contributed by atoms with van der Waals surface area (Å²) in [6, 6.07) is 15.4. The molecule has 23 heavy (non-hydrogen) atoms. The number of carbonyl (C=O) groups is 1. The van der Waals surface area contributed by atoms with Gasteiger partial charge in [0.1, 0.15) is 0 Å². The number of H-pyrrole nitrogens is 1. The standard InChI is InChI=1S/C18H16ClN3O/c1-12-5-7-13(8-6-12)10-20-18(23)16-11-21-22-17(16)14-3-2-4-15(19)9-14/h2-9,11H,10H2,1H3,(H,20,23)(H,21,22). The number of rotatable bonds is 4. The highest BCUT2D eigenvalue weighted by molar-refractivity contribution is 6.30. The van der Waals surface area contributed by atoms with Crippen LogP contribution in [-0.2, 0) is 6.54 Å². The summed E-state index contributed by atoms with van der Waals surface area (Å²) in [4.78, 5) is 12.4. The van der Waals surface area contributed by atoms with Crippen LogP contribution in [0.5, 0.6) is 0 Å². The lowest BCUT2D eigenvalue weighted by Crippen LogP contribution is -2.22. The first kappa shape index (κ1) is 15.3. The van der Waals surface area contributed by atoms with Crippen LogP contribution in [0.25, 0.3) is 11.3 Å². The first-order valence-corrected chi connectivity index (χ1v) is 7.64. The molecule has 1 heterocycles. The molecule has 2 N–H and O–H groups in total. The molecule has 0 radical (unpaired) electrons. The van der Waals surface area contributed by atoms with E-state index in [4.69, 9.17) is 11.6 Å². The lowest BCUT2D eigenvalue weighted by atomic mass is 10.1. The van der Waals surface area contributed by atoms with Crippen molar-refractivity contribution in [1.29, 1.82) is 0 Å². The van der Waals surface area contributed by atoms with Crippen molar-refractivity contribution in [2.24, 2.45) is 0 Å². The molecule has 0 saturated carbocycles. The van der Waals surface area contributed by atoms with Crippen molar-refractivity contribution in [3.63, 3.8) is 0 Å². The van der Waals surface area contributed by atoms with Gasteiger partial charge in [-0.2, -0.15) is 5.10 Å². The smallest absolute Gasteiger partial charge is 0.255 e. The van der Waals surface area contributed by atoms with Crippen molar-refractivity contribution in [1.82, 2.24) is 15.5 Å². The predicted octanol–water partition coefficient (Wildman–Crippen LogP) is 3.97. The Balaban J connectivity index is 1.76. The molecule has 4 nitrogen and oxygen atoms in total. The molecule has 1 aromatic heterocycles. The fourth-order valence-corrected chi connectivity index (χ4v) is 2.50. The molecule has 0 atom stereocenters. The van der Waals surface area contributed by atoms with E-state index in [-0.39, 0.29) is 5.91 Å². The van der Waals surface area contributed by atoms with Gasteiger partial charge in [0.25, 0.3) is 5.91 Å². The van der Waals surface area contributed by atoms with Crippen LogP contribution in [0.2, 0.25) is 5.02 Å². The monoisotopic (exact) mass is 325 g/mol. The van der Waals surface area contributed by atoms with E-state index < -0.39 is 0 Å². The normalized spacial score (nSPS) is 10.5. The summed E-state index contributed by atoms with van der Waals surface area (Å²) >= 11 is 6.01. The fourth-order valence-electron chi connectivity index (χ4n) is 2.31. The molecule has 116 valence electrons.